The summed E-state index contributed by atoms with van der Waals surface area (Å²) < 4.78 is 5.27. The SMILES string of the molecule is CC1(C)CO[C@@H](CO)C1. The lowest BCUT2D eigenvalue weighted by atomic mass is 9.91. The minimum Gasteiger partial charge on any atom is -0.394 e. The molecule has 0 bridgehead atoms. The van der Waals surface area contributed by atoms with Crippen LogP contribution in [0.1, 0.15) is 20.3 Å². The highest BCUT2D eigenvalue weighted by molar-refractivity contribution is 4.79. The van der Waals surface area contributed by atoms with E-state index in [1.54, 1.807) is 0 Å². The molecule has 0 unspecified atom stereocenters. The lowest BCUT2D eigenvalue weighted by molar-refractivity contribution is 0.0546. The minimum absolute atomic E-state index is 0.0972. The lowest BCUT2D eigenvalue weighted by Crippen LogP contribution is -2.12. The number of hydrogen-bond acceptors (Lipinski definition) is 2. The number of rotatable bonds is 1. The molecule has 9 heavy (non-hydrogen) atoms. The highest BCUT2D eigenvalue weighted by Gasteiger charge is 2.30. The Labute approximate surface area is 55.8 Å². The van der Waals surface area contributed by atoms with E-state index in [1.807, 2.05) is 0 Å². The van der Waals surface area contributed by atoms with Crippen molar-refractivity contribution >= 4 is 0 Å². The standard InChI is InChI=1S/C7H14O2/c1-7(2)3-6(4-8)9-5-7/h6,8H,3-5H2,1-2H3/t6-/m1/s1. The molecule has 1 aliphatic rings. The van der Waals surface area contributed by atoms with Crippen LogP contribution in [-0.2, 0) is 4.74 Å². The zero-order valence-electron chi connectivity index (χ0n) is 6.05. The molecule has 1 N–H and O–H groups in total. The summed E-state index contributed by atoms with van der Waals surface area (Å²) in [4.78, 5) is 0. The molecule has 0 amide bonds. The molecule has 2 heteroatoms. The van der Waals surface area contributed by atoms with Gasteiger partial charge in [-0.05, 0) is 11.8 Å². The van der Waals surface area contributed by atoms with Crippen molar-refractivity contribution in [2.75, 3.05) is 13.2 Å². The summed E-state index contributed by atoms with van der Waals surface area (Å²) in [5.41, 5.74) is 0.285. The summed E-state index contributed by atoms with van der Waals surface area (Å²) in [6, 6.07) is 0. The van der Waals surface area contributed by atoms with Crippen LogP contribution < -0.4 is 0 Å². The maximum absolute atomic E-state index is 8.67. The number of hydrogen-bond donors (Lipinski definition) is 1. The average Bonchev–Trinajstić information content (AvgIpc) is 2.10. The second-order valence-corrected chi connectivity index (χ2v) is 3.48. The molecule has 0 aromatic heterocycles. The van der Waals surface area contributed by atoms with E-state index >= 15 is 0 Å². The van der Waals surface area contributed by atoms with Crippen molar-refractivity contribution < 1.29 is 9.84 Å². The summed E-state index contributed by atoms with van der Waals surface area (Å²) in [5.74, 6) is 0. The van der Waals surface area contributed by atoms with Gasteiger partial charge in [0.1, 0.15) is 0 Å². The molecule has 1 heterocycles. The highest BCUT2D eigenvalue weighted by Crippen LogP contribution is 2.30. The van der Waals surface area contributed by atoms with Crippen molar-refractivity contribution in [2.45, 2.75) is 26.4 Å². The topological polar surface area (TPSA) is 29.5 Å². The molecule has 0 radical (unpaired) electrons. The second-order valence-electron chi connectivity index (χ2n) is 3.48. The molecule has 1 rings (SSSR count). The quantitative estimate of drug-likeness (QED) is 0.568. The monoisotopic (exact) mass is 130 g/mol. The van der Waals surface area contributed by atoms with Crippen LogP contribution in [0.5, 0.6) is 0 Å². The van der Waals surface area contributed by atoms with E-state index in [4.69, 9.17) is 9.84 Å². The zero-order chi connectivity index (χ0) is 6.91. The first kappa shape index (κ1) is 7.03. The highest BCUT2D eigenvalue weighted by atomic mass is 16.5. The Kier molecular flexibility index (Phi) is 1.78. The Bertz CT molecular complexity index is 99.1. The Morgan fingerprint density at radius 2 is 2.33 bits per heavy atom. The van der Waals surface area contributed by atoms with Gasteiger partial charge in [-0.3, -0.25) is 0 Å². The van der Waals surface area contributed by atoms with E-state index in [0.29, 0.717) is 0 Å². The van der Waals surface area contributed by atoms with Crippen molar-refractivity contribution in [3.05, 3.63) is 0 Å². The molecule has 0 spiro atoms. The predicted molar refractivity (Wildman–Crippen MR) is 35.2 cm³/mol. The van der Waals surface area contributed by atoms with Gasteiger partial charge in [-0.15, -0.1) is 0 Å². The van der Waals surface area contributed by atoms with Crippen LogP contribution in [0.3, 0.4) is 0 Å². The molecule has 1 aliphatic heterocycles. The van der Waals surface area contributed by atoms with Crippen molar-refractivity contribution in [2.24, 2.45) is 5.41 Å². The van der Waals surface area contributed by atoms with Gasteiger partial charge in [0, 0.05) is 0 Å². The van der Waals surface area contributed by atoms with Gasteiger partial charge in [0.15, 0.2) is 0 Å². The Hall–Kier alpha value is -0.0800. The van der Waals surface area contributed by atoms with Gasteiger partial charge in [-0.2, -0.15) is 0 Å². The van der Waals surface area contributed by atoms with Gasteiger partial charge in [0.05, 0.1) is 19.3 Å². The normalized spacial score (nSPS) is 33.0. The first-order chi connectivity index (χ1) is 4.14. The van der Waals surface area contributed by atoms with Crippen molar-refractivity contribution in [3.63, 3.8) is 0 Å². The minimum atomic E-state index is 0.0972. The summed E-state index contributed by atoms with van der Waals surface area (Å²) in [7, 11) is 0. The van der Waals surface area contributed by atoms with Gasteiger partial charge >= 0.3 is 0 Å². The maximum atomic E-state index is 8.67. The predicted octanol–water partition coefficient (Wildman–Crippen LogP) is 0.794. The fourth-order valence-electron chi connectivity index (χ4n) is 1.19. The molecule has 0 aromatic carbocycles. The zero-order valence-corrected chi connectivity index (χ0v) is 6.05. The fraction of sp³-hybridized carbons (Fsp3) is 1.00. The van der Waals surface area contributed by atoms with Crippen molar-refractivity contribution in [1.82, 2.24) is 0 Å². The van der Waals surface area contributed by atoms with Gasteiger partial charge < -0.3 is 9.84 Å². The van der Waals surface area contributed by atoms with Crippen LogP contribution in [0.25, 0.3) is 0 Å². The molecule has 0 aromatic rings. The van der Waals surface area contributed by atoms with Crippen LogP contribution in [0.2, 0.25) is 0 Å². The van der Waals surface area contributed by atoms with Crippen LogP contribution >= 0.6 is 0 Å². The van der Waals surface area contributed by atoms with E-state index in [1.165, 1.54) is 0 Å². The first-order valence-corrected chi connectivity index (χ1v) is 3.36. The van der Waals surface area contributed by atoms with E-state index < -0.39 is 0 Å². The lowest BCUT2D eigenvalue weighted by Gasteiger charge is -2.12. The van der Waals surface area contributed by atoms with Crippen LogP contribution in [0.4, 0.5) is 0 Å². The number of aliphatic hydroxyl groups excluding tert-OH is 1. The molecular weight excluding hydrogens is 116 g/mol. The summed E-state index contributed by atoms with van der Waals surface area (Å²) >= 11 is 0. The Morgan fingerprint density at radius 3 is 2.56 bits per heavy atom. The van der Waals surface area contributed by atoms with E-state index in [0.717, 1.165) is 13.0 Å². The van der Waals surface area contributed by atoms with Gasteiger partial charge in [-0.25, -0.2) is 0 Å². The third kappa shape index (κ3) is 1.66. The molecule has 54 valence electrons. The number of aliphatic hydroxyl groups is 1. The fourth-order valence-corrected chi connectivity index (χ4v) is 1.19. The van der Waals surface area contributed by atoms with Crippen molar-refractivity contribution in [3.8, 4) is 0 Å². The summed E-state index contributed by atoms with van der Waals surface area (Å²) in [5, 5.41) is 8.67. The van der Waals surface area contributed by atoms with Crippen LogP contribution in [0.15, 0.2) is 0 Å². The molecule has 0 aliphatic carbocycles. The third-order valence-corrected chi connectivity index (χ3v) is 1.69. The summed E-state index contributed by atoms with van der Waals surface area (Å²) in [6.45, 7) is 5.27. The molecular formula is C7H14O2. The van der Waals surface area contributed by atoms with Gasteiger partial charge in [0.25, 0.3) is 0 Å². The Morgan fingerprint density at radius 1 is 1.67 bits per heavy atom. The third-order valence-electron chi connectivity index (χ3n) is 1.69. The molecule has 1 atom stereocenters. The van der Waals surface area contributed by atoms with Gasteiger partial charge in [-0.1, -0.05) is 13.8 Å². The van der Waals surface area contributed by atoms with Crippen LogP contribution in [0, 0.1) is 5.41 Å². The van der Waals surface area contributed by atoms with Crippen LogP contribution in [-0.4, -0.2) is 24.4 Å². The molecule has 1 saturated heterocycles. The largest absolute Gasteiger partial charge is 0.394 e. The Balaban J connectivity index is 2.38. The number of ether oxygens (including phenoxy) is 1. The van der Waals surface area contributed by atoms with Gasteiger partial charge in [0.2, 0.25) is 0 Å². The molecule has 0 saturated carbocycles. The summed E-state index contributed by atoms with van der Waals surface area (Å²) in [6.07, 6.45) is 1.09. The second kappa shape index (κ2) is 2.27. The first-order valence-electron chi connectivity index (χ1n) is 3.36. The van der Waals surface area contributed by atoms with Crippen molar-refractivity contribution in [1.29, 1.82) is 0 Å². The van der Waals surface area contributed by atoms with E-state index in [2.05, 4.69) is 13.8 Å². The maximum Gasteiger partial charge on any atom is 0.0811 e. The molecule has 1 fully saturated rings. The average molecular weight is 130 g/mol. The van der Waals surface area contributed by atoms with E-state index in [-0.39, 0.29) is 18.1 Å². The smallest absolute Gasteiger partial charge is 0.0811 e. The van der Waals surface area contributed by atoms with E-state index in [9.17, 15) is 0 Å². The molecule has 2 nitrogen and oxygen atoms in total.